The number of carbonyl (C=O) groups is 2. The summed E-state index contributed by atoms with van der Waals surface area (Å²) in [6.45, 7) is -0.299. The van der Waals surface area contributed by atoms with Crippen molar-refractivity contribution < 1.29 is 23.8 Å². The molecule has 0 atom stereocenters. The summed E-state index contributed by atoms with van der Waals surface area (Å²) in [5, 5.41) is 11.6. The molecule has 0 aromatic heterocycles. The van der Waals surface area contributed by atoms with Gasteiger partial charge in [0.2, 0.25) is 0 Å². The van der Waals surface area contributed by atoms with Crippen LogP contribution < -0.4 is 10.1 Å². The van der Waals surface area contributed by atoms with Crippen LogP contribution in [0.1, 0.15) is 25.7 Å². The molecule has 1 aliphatic rings. The molecule has 0 heterocycles. The molecule has 1 aromatic rings. The molecular formula is C14H15ClFNO4. The number of carboxylic acids is 1. The monoisotopic (exact) mass is 315 g/mol. The van der Waals surface area contributed by atoms with Crippen LogP contribution in [-0.4, -0.2) is 29.1 Å². The molecule has 1 fully saturated rings. The third kappa shape index (κ3) is 4.07. The van der Waals surface area contributed by atoms with E-state index in [9.17, 15) is 14.0 Å². The van der Waals surface area contributed by atoms with Crippen molar-refractivity contribution in [1.82, 2.24) is 5.32 Å². The van der Waals surface area contributed by atoms with Crippen LogP contribution in [0.15, 0.2) is 18.2 Å². The Morgan fingerprint density at radius 1 is 1.43 bits per heavy atom. The first kappa shape index (κ1) is 15.6. The molecule has 0 bridgehead atoms. The van der Waals surface area contributed by atoms with Gasteiger partial charge >= 0.3 is 5.97 Å². The lowest BCUT2D eigenvalue weighted by Crippen LogP contribution is -2.55. The van der Waals surface area contributed by atoms with Crippen molar-refractivity contribution in [1.29, 1.82) is 0 Å². The molecule has 5 nitrogen and oxygen atoms in total. The minimum atomic E-state index is -0.947. The van der Waals surface area contributed by atoms with E-state index in [1.165, 1.54) is 12.1 Å². The van der Waals surface area contributed by atoms with Gasteiger partial charge in [0.15, 0.2) is 6.61 Å². The van der Waals surface area contributed by atoms with E-state index in [4.69, 9.17) is 21.4 Å². The first-order chi connectivity index (χ1) is 9.90. The van der Waals surface area contributed by atoms with Crippen molar-refractivity contribution in [3.8, 4) is 5.75 Å². The second kappa shape index (κ2) is 6.30. The van der Waals surface area contributed by atoms with Crippen LogP contribution in [0.3, 0.4) is 0 Å². The lowest BCUT2D eigenvalue weighted by Gasteiger charge is -2.41. The van der Waals surface area contributed by atoms with Crippen LogP contribution in [0.5, 0.6) is 5.75 Å². The number of halogens is 2. The van der Waals surface area contributed by atoms with Crippen molar-refractivity contribution >= 4 is 23.5 Å². The number of carboxylic acid groups (broad SMARTS) is 1. The van der Waals surface area contributed by atoms with E-state index >= 15 is 0 Å². The smallest absolute Gasteiger partial charge is 0.305 e. The fourth-order valence-electron chi connectivity index (χ4n) is 2.31. The predicted octanol–water partition coefficient (Wildman–Crippen LogP) is 2.37. The van der Waals surface area contributed by atoms with Crippen molar-refractivity contribution in [3.05, 3.63) is 29.0 Å². The van der Waals surface area contributed by atoms with Crippen molar-refractivity contribution in [2.45, 2.75) is 31.2 Å². The van der Waals surface area contributed by atoms with Crippen molar-refractivity contribution in [2.75, 3.05) is 6.61 Å². The van der Waals surface area contributed by atoms with Gasteiger partial charge < -0.3 is 15.2 Å². The molecule has 21 heavy (non-hydrogen) atoms. The predicted molar refractivity (Wildman–Crippen MR) is 73.9 cm³/mol. The highest BCUT2D eigenvalue weighted by molar-refractivity contribution is 6.32. The van der Waals surface area contributed by atoms with Crippen LogP contribution in [0.2, 0.25) is 5.02 Å². The number of hydrogen-bond donors (Lipinski definition) is 2. The SMILES string of the molecule is O=C(O)CC1(NC(=O)COc2ccc(F)cc2Cl)CCC1. The third-order valence-electron chi connectivity index (χ3n) is 3.46. The van der Waals surface area contributed by atoms with E-state index in [1.54, 1.807) is 0 Å². The quantitative estimate of drug-likeness (QED) is 0.845. The summed E-state index contributed by atoms with van der Waals surface area (Å²) in [7, 11) is 0. The first-order valence-electron chi connectivity index (χ1n) is 6.51. The number of nitrogens with one attached hydrogen (secondary N) is 1. The Morgan fingerprint density at radius 3 is 2.67 bits per heavy atom. The molecule has 7 heteroatoms. The second-order valence-corrected chi connectivity index (χ2v) is 5.52. The van der Waals surface area contributed by atoms with Gasteiger partial charge in [-0.05, 0) is 37.5 Å². The van der Waals surface area contributed by atoms with Gasteiger partial charge in [-0.25, -0.2) is 4.39 Å². The summed E-state index contributed by atoms with van der Waals surface area (Å²) >= 11 is 5.78. The van der Waals surface area contributed by atoms with E-state index in [-0.39, 0.29) is 23.8 Å². The van der Waals surface area contributed by atoms with Gasteiger partial charge in [-0.1, -0.05) is 11.6 Å². The highest BCUT2D eigenvalue weighted by atomic mass is 35.5. The minimum absolute atomic E-state index is 0.0756. The average Bonchev–Trinajstić information content (AvgIpc) is 2.34. The lowest BCUT2D eigenvalue weighted by atomic mass is 9.74. The highest BCUT2D eigenvalue weighted by Gasteiger charge is 2.40. The van der Waals surface area contributed by atoms with E-state index in [2.05, 4.69) is 5.32 Å². The minimum Gasteiger partial charge on any atom is -0.482 e. The largest absolute Gasteiger partial charge is 0.482 e. The molecule has 1 aromatic carbocycles. The summed E-state index contributed by atoms with van der Waals surface area (Å²) < 4.78 is 18.1. The molecule has 2 rings (SSSR count). The van der Waals surface area contributed by atoms with Crippen molar-refractivity contribution in [3.63, 3.8) is 0 Å². The van der Waals surface area contributed by atoms with E-state index < -0.39 is 23.2 Å². The Morgan fingerprint density at radius 2 is 2.14 bits per heavy atom. The fraction of sp³-hybridized carbons (Fsp3) is 0.429. The maximum absolute atomic E-state index is 12.9. The molecule has 0 radical (unpaired) electrons. The molecule has 1 aliphatic carbocycles. The fourth-order valence-corrected chi connectivity index (χ4v) is 2.53. The van der Waals surface area contributed by atoms with Crippen LogP contribution in [0.25, 0.3) is 0 Å². The number of hydrogen-bond acceptors (Lipinski definition) is 3. The number of aliphatic carboxylic acids is 1. The van der Waals surface area contributed by atoms with E-state index in [1.807, 2.05) is 0 Å². The Balaban J connectivity index is 1.88. The van der Waals surface area contributed by atoms with Crippen LogP contribution in [0.4, 0.5) is 4.39 Å². The molecule has 1 saturated carbocycles. The van der Waals surface area contributed by atoms with Crippen LogP contribution in [0, 0.1) is 5.82 Å². The molecule has 0 saturated heterocycles. The Labute approximate surface area is 126 Å². The van der Waals surface area contributed by atoms with Gasteiger partial charge in [-0.2, -0.15) is 0 Å². The summed E-state index contributed by atoms with van der Waals surface area (Å²) in [4.78, 5) is 22.6. The lowest BCUT2D eigenvalue weighted by molar-refractivity contribution is -0.140. The van der Waals surface area contributed by atoms with Gasteiger partial charge in [-0.15, -0.1) is 0 Å². The first-order valence-corrected chi connectivity index (χ1v) is 6.89. The topological polar surface area (TPSA) is 75.6 Å². The molecule has 0 aliphatic heterocycles. The zero-order valence-corrected chi connectivity index (χ0v) is 12.0. The van der Waals surface area contributed by atoms with Gasteiger partial charge in [0.25, 0.3) is 5.91 Å². The van der Waals surface area contributed by atoms with Gasteiger partial charge in [0.1, 0.15) is 11.6 Å². The molecular weight excluding hydrogens is 301 g/mol. The number of benzene rings is 1. The average molecular weight is 316 g/mol. The Kier molecular flexibility index (Phi) is 4.67. The number of ether oxygens (including phenoxy) is 1. The van der Waals surface area contributed by atoms with E-state index in [0.29, 0.717) is 12.8 Å². The Bertz CT molecular complexity index is 560. The summed E-state index contributed by atoms with van der Waals surface area (Å²) in [5.41, 5.74) is -0.668. The molecule has 2 N–H and O–H groups in total. The third-order valence-corrected chi connectivity index (χ3v) is 3.75. The molecule has 1 amide bonds. The normalized spacial score (nSPS) is 15.9. The van der Waals surface area contributed by atoms with Gasteiger partial charge in [0, 0.05) is 0 Å². The van der Waals surface area contributed by atoms with Gasteiger partial charge in [0.05, 0.1) is 17.0 Å². The highest BCUT2D eigenvalue weighted by Crippen LogP contribution is 2.34. The molecule has 0 spiro atoms. The van der Waals surface area contributed by atoms with Crippen LogP contribution in [-0.2, 0) is 9.59 Å². The van der Waals surface area contributed by atoms with Gasteiger partial charge in [-0.3, -0.25) is 9.59 Å². The summed E-state index contributed by atoms with van der Waals surface area (Å²) in [6, 6.07) is 3.60. The maximum atomic E-state index is 12.9. The zero-order valence-electron chi connectivity index (χ0n) is 11.2. The van der Waals surface area contributed by atoms with Crippen molar-refractivity contribution in [2.24, 2.45) is 0 Å². The van der Waals surface area contributed by atoms with Crippen LogP contribution >= 0.6 is 11.6 Å². The molecule has 114 valence electrons. The number of carbonyl (C=O) groups excluding carboxylic acids is 1. The second-order valence-electron chi connectivity index (χ2n) is 5.12. The maximum Gasteiger partial charge on any atom is 0.305 e. The standard InChI is InChI=1S/C14H15ClFNO4/c15-10-6-9(16)2-3-11(10)21-8-12(18)17-14(4-1-5-14)7-13(19)20/h2-3,6H,1,4-5,7-8H2,(H,17,18)(H,19,20). The summed E-state index contributed by atoms with van der Waals surface area (Å²) in [6.07, 6.45) is 2.07. The number of rotatable bonds is 6. The molecule has 0 unspecified atom stereocenters. The Hall–Kier alpha value is -1.82. The van der Waals surface area contributed by atoms with E-state index in [0.717, 1.165) is 12.5 Å². The zero-order chi connectivity index (χ0) is 15.5. The summed E-state index contributed by atoms with van der Waals surface area (Å²) in [5.74, 6) is -1.66. The number of amides is 1.